The maximum absolute atomic E-state index is 11.9. The highest BCUT2D eigenvalue weighted by Crippen LogP contribution is 2.21. The molecule has 1 aromatic heterocycles. The molecule has 2 heterocycles. The van der Waals surface area contributed by atoms with Crippen LogP contribution in [0, 0.1) is 0 Å². The van der Waals surface area contributed by atoms with Gasteiger partial charge in [-0.2, -0.15) is 5.10 Å². The SMILES string of the molecule is CC1CCC(=NNc2ccccc2)c2nccc(=O)n21. The molecule has 0 saturated heterocycles. The first-order chi connectivity index (χ1) is 9.75. The smallest absolute Gasteiger partial charge is 0.253 e. The van der Waals surface area contributed by atoms with E-state index in [2.05, 4.69) is 15.5 Å². The van der Waals surface area contributed by atoms with Crippen molar-refractivity contribution in [1.29, 1.82) is 0 Å². The van der Waals surface area contributed by atoms with E-state index in [1.54, 1.807) is 10.8 Å². The van der Waals surface area contributed by atoms with E-state index < -0.39 is 0 Å². The van der Waals surface area contributed by atoms with Crippen molar-refractivity contribution in [2.24, 2.45) is 5.10 Å². The Morgan fingerprint density at radius 2 is 2.10 bits per heavy atom. The standard InChI is InChI=1S/C15H16N4O/c1-11-7-8-13(15-16-10-9-14(20)19(11)15)18-17-12-5-3-2-4-6-12/h2-6,9-11,17H,7-8H2,1H3. The second kappa shape index (κ2) is 5.28. The minimum absolute atomic E-state index is 0.0189. The van der Waals surface area contributed by atoms with E-state index in [4.69, 9.17) is 0 Å². The van der Waals surface area contributed by atoms with Gasteiger partial charge < -0.3 is 0 Å². The molecule has 1 N–H and O–H groups in total. The minimum Gasteiger partial charge on any atom is -0.289 e. The number of anilines is 1. The van der Waals surface area contributed by atoms with Crippen LogP contribution in [0.3, 0.4) is 0 Å². The molecule has 1 atom stereocenters. The van der Waals surface area contributed by atoms with Gasteiger partial charge in [0.2, 0.25) is 0 Å². The Morgan fingerprint density at radius 3 is 2.90 bits per heavy atom. The highest BCUT2D eigenvalue weighted by molar-refractivity contribution is 5.98. The van der Waals surface area contributed by atoms with Gasteiger partial charge in [0, 0.05) is 18.3 Å². The van der Waals surface area contributed by atoms with E-state index in [0.29, 0.717) is 5.82 Å². The molecule has 0 saturated carbocycles. The van der Waals surface area contributed by atoms with Gasteiger partial charge in [-0.05, 0) is 31.9 Å². The van der Waals surface area contributed by atoms with Crippen LogP contribution in [0.2, 0.25) is 0 Å². The van der Waals surface area contributed by atoms with Crippen molar-refractivity contribution in [3.05, 3.63) is 58.8 Å². The molecule has 1 aromatic carbocycles. The van der Waals surface area contributed by atoms with Gasteiger partial charge in [-0.25, -0.2) is 4.98 Å². The molecule has 1 aliphatic rings. The molecular formula is C15H16N4O. The zero-order chi connectivity index (χ0) is 13.9. The largest absolute Gasteiger partial charge is 0.289 e. The van der Waals surface area contributed by atoms with Crippen LogP contribution >= 0.6 is 0 Å². The van der Waals surface area contributed by atoms with Crippen molar-refractivity contribution in [3.8, 4) is 0 Å². The quantitative estimate of drug-likeness (QED) is 0.851. The highest BCUT2D eigenvalue weighted by Gasteiger charge is 2.22. The summed E-state index contributed by atoms with van der Waals surface area (Å²) in [6, 6.07) is 11.4. The number of aromatic nitrogens is 2. The zero-order valence-electron chi connectivity index (χ0n) is 11.3. The van der Waals surface area contributed by atoms with Gasteiger partial charge in [0.1, 0.15) is 5.71 Å². The van der Waals surface area contributed by atoms with Crippen molar-refractivity contribution >= 4 is 11.4 Å². The van der Waals surface area contributed by atoms with Crippen molar-refractivity contribution in [3.63, 3.8) is 0 Å². The van der Waals surface area contributed by atoms with Crippen LogP contribution in [0.25, 0.3) is 0 Å². The third-order valence-corrected chi connectivity index (χ3v) is 3.47. The summed E-state index contributed by atoms with van der Waals surface area (Å²) in [5.74, 6) is 0.666. The molecule has 1 unspecified atom stereocenters. The van der Waals surface area contributed by atoms with E-state index in [0.717, 1.165) is 24.2 Å². The molecule has 102 valence electrons. The van der Waals surface area contributed by atoms with Gasteiger partial charge in [-0.3, -0.25) is 14.8 Å². The van der Waals surface area contributed by atoms with Crippen LogP contribution in [-0.4, -0.2) is 15.3 Å². The van der Waals surface area contributed by atoms with Crippen molar-refractivity contribution in [1.82, 2.24) is 9.55 Å². The maximum Gasteiger partial charge on any atom is 0.253 e. The number of rotatable bonds is 2. The summed E-state index contributed by atoms with van der Waals surface area (Å²) in [5.41, 5.74) is 4.75. The fraction of sp³-hybridized carbons (Fsp3) is 0.267. The Labute approximate surface area is 117 Å². The molecule has 3 rings (SSSR count). The van der Waals surface area contributed by atoms with Gasteiger partial charge >= 0.3 is 0 Å². The summed E-state index contributed by atoms with van der Waals surface area (Å²) >= 11 is 0. The molecule has 0 fully saturated rings. The number of nitrogens with one attached hydrogen (secondary N) is 1. The molecule has 1 aliphatic heterocycles. The number of nitrogens with zero attached hydrogens (tertiary/aromatic N) is 3. The number of hydrazone groups is 1. The lowest BCUT2D eigenvalue weighted by Crippen LogP contribution is -2.33. The van der Waals surface area contributed by atoms with E-state index in [-0.39, 0.29) is 11.6 Å². The number of fused-ring (bicyclic) bond motifs is 1. The number of hydrogen-bond acceptors (Lipinski definition) is 4. The Balaban J connectivity index is 1.95. The Bertz CT molecular complexity index is 691. The number of para-hydroxylation sites is 1. The Morgan fingerprint density at radius 1 is 1.30 bits per heavy atom. The first-order valence-electron chi connectivity index (χ1n) is 6.71. The lowest BCUT2D eigenvalue weighted by molar-refractivity contribution is 0.471. The van der Waals surface area contributed by atoms with Crippen LogP contribution in [0.4, 0.5) is 5.69 Å². The molecule has 0 aliphatic carbocycles. The summed E-state index contributed by atoms with van der Waals surface area (Å²) in [5, 5.41) is 4.41. The molecule has 20 heavy (non-hydrogen) atoms. The topological polar surface area (TPSA) is 59.3 Å². The average Bonchev–Trinajstić information content (AvgIpc) is 2.48. The fourth-order valence-electron chi connectivity index (χ4n) is 2.40. The normalized spacial score (nSPS) is 19.6. The van der Waals surface area contributed by atoms with E-state index in [1.165, 1.54) is 6.07 Å². The van der Waals surface area contributed by atoms with Crippen LogP contribution in [0.5, 0.6) is 0 Å². The van der Waals surface area contributed by atoms with E-state index in [1.807, 2.05) is 37.3 Å². The molecular weight excluding hydrogens is 252 g/mol. The third-order valence-electron chi connectivity index (χ3n) is 3.47. The van der Waals surface area contributed by atoms with Gasteiger partial charge in [0.25, 0.3) is 5.56 Å². The number of hydrogen-bond donors (Lipinski definition) is 1. The van der Waals surface area contributed by atoms with Crippen LogP contribution in [0.15, 0.2) is 52.5 Å². The summed E-state index contributed by atoms with van der Waals surface area (Å²) in [7, 11) is 0. The lowest BCUT2D eigenvalue weighted by atomic mass is 10.0. The Hall–Kier alpha value is -2.43. The zero-order valence-corrected chi connectivity index (χ0v) is 11.3. The maximum atomic E-state index is 11.9. The average molecular weight is 268 g/mol. The van der Waals surface area contributed by atoms with Gasteiger partial charge in [-0.1, -0.05) is 18.2 Å². The molecule has 0 bridgehead atoms. The predicted molar refractivity (Wildman–Crippen MR) is 79.0 cm³/mol. The molecule has 0 radical (unpaired) electrons. The van der Waals surface area contributed by atoms with E-state index >= 15 is 0 Å². The van der Waals surface area contributed by atoms with Crippen LogP contribution in [0.1, 0.15) is 31.6 Å². The fourth-order valence-corrected chi connectivity index (χ4v) is 2.40. The third kappa shape index (κ3) is 2.34. The molecule has 5 nitrogen and oxygen atoms in total. The van der Waals surface area contributed by atoms with E-state index in [9.17, 15) is 4.79 Å². The summed E-state index contributed by atoms with van der Waals surface area (Å²) in [6.45, 7) is 2.04. The van der Waals surface area contributed by atoms with Gasteiger partial charge in [0.05, 0.1) is 5.69 Å². The molecule has 5 heteroatoms. The summed E-state index contributed by atoms with van der Waals surface area (Å²) in [6.07, 6.45) is 3.26. The first-order valence-corrected chi connectivity index (χ1v) is 6.71. The molecule has 2 aromatic rings. The van der Waals surface area contributed by atoms with Crippen LogP contribution < -0.4 is 11.0 Å². The Kier molecular flexibility index (Phi) is 3.33. The lowest BCUT2D eigenvalue weighted by Gasteiger charge is -2.24. The second-order valence-electron chi connectivity index (χ2n) is 4.90. The van der Waals surface area contributed by atoms with Crippen LogP contribution in [-0.2, 0) is 0 Å². The first kappa shape index (κ1) is 12.6. The van der Waals surface area contributed by atoms with Crippen molar-refractivity contribution < 1.29 is 0 Å². The minimum atomic E-state index is -0.0189. The summed E-state index contributed by atoms with van der Waals surface area (Å²) in [4.78, 5) is 16.3. The van der Waals surface area contributed by atoms with Crippen molar-refractivity contribution in [2.75, 3.05) is 5.43 Å². The molecule has 0 amide bonds. The monoisotopic (exact) mass is 268 g/mol. The number of benzene rings is 1. The highest BCUT2D eigenvalue weighted by atomic mass is 16.1. The molecule has 0 spiro atoms. The summed E-state index contributed by atoms with van der Waals surface area (Å²) < 4.78 is 1.72. The van der Waals surface area contributed by atoms with Gasteiger partial charge in [0.15, 0.2) is 5.82 Å². The predicted octanol–water partition coefficient (Wildman–Crippen LogP) is 2.41. The second-order valence-corrected chi connectivity index (χ2v) is 4.90. The van der Waals surface area contributed by atoms with Crippen molar-refractivity contribution in [2.45, 2.75) is 25.8 Å². The van der Waals surface area contributed by atoms with Gasteiger partial charge in [-0.15, -0.1) is 0 Å².